The Hall–Kier alpha value is -2.10. The fourth-order valence-corrected chi connectivity index (χ4v) is 1.10. The second-order valence-electron chi connectivity index (χ2n) is 2.84. The average Bonchev–Trinajstić information content (AvgIpc) is 2.77. The number of hydrogen-bond donors (Lipinski definition) is 2. The molecule has 0 fully saturated rings. The summed E-state index contributed by atoms with van der Waals surface area (Å²) in [4.78, 5) is 0. The third kappa shape index (κ3) is 1.98. The Balaban J connectivity index is 1.94. The predicted octanol–water partition coefficient (Wildman–Crippen LogP) is 1.88. The highest BCUT2D eigenvalue weighted by Crippen LogP contribution is 2.07. The summed E-state index contributed by atoms with van der Waals surface area (Å²) >= 11 is 0. The van der Waals surface area contributed by atoms with E-state index in [1.165, 1.54) is 4.68 Å². The van der Waals surface area contributed by atoms with Crippen LogP contribution >= 0.6 is 0 Å². The van der Waals surface area contributed by atoms with Crippen molar-refractivity contribution in [2.45, 2.75) is 0 Å². The van der Waals surface area contributed by atoms with Crippen LogP contribution in [0.15, 0.2) is 47.5 Å². The van der Waals surface area contributed by atoms with Crippen molar-refractivity contribution in [3.63, 3.8) is 0 Å². The highest BCUT2D eigenvalue weighted by atomic mass is 16.3. The van der Waals surface area contributed by atoms with Crippen LogP contribution in [0.25, 0.3) is 6.08 Å². The molecular formula is C10H11N3O. The third-order valence-electron chi connectivity index (χ3n) is 1.76. The Kier molecular flexibility index (Phi) is 2.27. The van der Waals surface area contributed by atoms with Crippen molar-refractivity contribution in [3.8, 4) is 0 Å². The van der Waals surface area contributed by atoms with Crippen LogP contribution in [0.3, 0.4) is 0 Å². The summed E-state index contributed by atoms with van der Waals surface area (Å²) in [5.41, 5.74) is 0.940. The number of hydrogen-bond acceptors (Lipinski definition) is 3. The van der Waals surface area contributed by atoms with E-state index in [0.29, 0.717) is 0 Å². The second-order valence-corrected chi connectivity index (χ2v) is 2.84. The number of nitrogens with one attached hydrogen (secondary N) is 1. The standard InChI is InChI=1S/C10H11N3O/c11-13-6-4-9(8-13)12-5-3-10-2-1-7-14-10/h1-8,12H,11H2/b5-3+. The fourth-order valence-electron chi connectivity index (χ4n) is 1.10. The molecular weight excluding hydrogens is 178 g/mol. The number of nitrogens with two attached hydrogens (primary N) is 1. The summed E-state index contributed by atoms with van der Waals surface area (Å²) < 4.78 is 6.61. The lowest BCUT2D eigenvalue weighted by atomic mass is 10.4. The normalized spacial score (nSPS) is 10.9. The van der Waals surface area contributed by atoms with Crippen molar-refractivity contribution in [2.75, 3.05) is 11.2 Å². The molecule has 0 aliphatic heterocycles. The van der Waals surface area contributed by atoms with Gasteiger partial charge in [0.15, 0.2) is 0 Å². The molecule has 2 heterocycles. The van der Waals surface area contributed by atoms with Gasteiger partial charge in [-0.1, -0.05) is 0 Å². The van der Waals surface area contributed by atoms with Crippen molar-refractivity contribution in [1.82, 2.24) is 4.68 Å². The van der Waals surface area contributed by atoms with E-state index in [1.54, 1.807) is 24.9 Å². The van der Waals surface area contributed by atoms with Gasteiger partial charge in [0.25, 0.3) is 0 Å². The number of rotatable bonds is 3. The van der Waals surface area contributed by atoms with Gasteiger partial charge in [-0.15, -0.1) is 0 Å². The maximum absolute atomic E-state index is 5.48. The molecule has 14 heavy (non-hydrogen) atoms. The van der Waals surface area contributed by atoms with Gasteiger partial charge in [-0.3, -0.25) is 4.68 Å². The highest BCUT2D eigenvalue weighted by molar-refractivity contribution is 5.51. The zero-order valence-corrected chi connectivity index (χ0v) is 7.55. The Morgan fingerprint density at radius 3 is 3.00 bits per heavy atom. The molecule has 3 N–H and O–H groups in total. The fraction of sp³-hybridized carbons (Fsp3) is 0. The van der Waals surface area contributed by atoms with Crippen LogP contribution in [-0.2, 0) is 0 Å². The van der Waals surface area contributed by atoms with E-state index in [1.807, 2.05) is 24.3 Å². The van der Waals surface area contributed by atoms with Gasteiger partial charge in [-0.25, -0.2) is 0 Å². The average molecular weight is 189 g/mol. The van der Waals surface area contributed by atoms with E-state index in [2.05, 4.69) is 5.32 Å². The molecule has 2 rings (SSSR count). The van der Waals surface area contributed by atoms with Gasteiger partial charge < -0.3 is 15.6 Å². The van der Waals surface area contributed by atoms with E-state index < -0.39 is 0 Å². The lowest BCUT2D eigenvalue weighted by Gasteiger charge is -1.93. The number of nitrogen functional groups attached to an aromatic ring is 1. The number of anilines is 1. The first-order valence-electron chi connectivity index (χ1n) is 4.24. The lowest BCUT2D eigenvalue weighted by molar-refractivity contribution is 0.557. The highest BCUT2D eigenvalue weighted by Gasteiger charge is 1.90. The molecule has 2 aromatic heterocycles. The first-order valence-corrected chi connectivity index (χ1v) is 4.24. The zero-order chi connectivity index (χ0) is 9.80. The van der Waals surface area contributed by atoms with E-state index in [0.717, 1.165) is 11.4 Å². The maximum atomic E-state index is 5.48. The number of nitrogens with zero attached hydrogens (tertiary/aromatic N) is 1. The molecule has 4 heteroatoms. The van der Waals surface area contributed by atoms with Gasteiger partial charge in [0.05, 0.1) is 12.0 Å². The Labute approximate surface area is 81.6 Å². The summed E-state index contributed by atoms with van der Waals surface area (Å²) in [7, 11) is 0. The molecule has 4 nitrogen and oxygen atoms in total. The zero-order valence-electron chi connectivity index (χ0n) is 7.55. The van der Waals surface area contributed by atoms with Gasteiger partial charge >= 0.3 is 0 Å². The summed E-state index contributed by atoms with van der Waals surface area (Å²) in [5, 5.41) is 3.06. The molecule has 0 aliphatic carbocycles. The van der Waals surface area contributed by atoms with Crippen molar-refractivity contribution in [1.29, 1.82) is 0 Å². The SMILES string of the molecule is Nn1ccc(N/C=C/c2ccco2)c1. The van der Waals surface area contributed by atoms with Crippen LogP contribution in [0.2, 0.25) is 0 Å². The van der Waals surface area contributed by atoms with E-state index >= 15 is 0 Å². The van der Waals surface area contributed by atoms with Crippen LogP contribution in [0.4, 0.5) is 5.69 Å². The molecule has 0 amide bonds. The van der Waals surface area contributed by atoms with Gasteiger partial charge in [0.1, 0.15) is 5.76 Å². The molecule has 0 radical (unpaired) electrons. The summed E-state index contributed by atoms with van der Waals surface area (Å²) in [5.74, 6) is 6.29. The van der Waals surface area contributed by atoms with Crippen LogP contribution < -0.4 is 11.2 Å². The molecule has 2 aromatic rings. The van der Waals surface area contributed by atoms with Gasteiger partial charge in [-0.05, 0) is 24.3 Å². The molecule has 0 atom stereocenters. The minimum absolute atomic E-state index is 0.810. The van der Waals surface area contributed by atoms with Gasteiger partial charge in [-0.2, -0.15) is 0 Å². The molecule has 0 saturated carbocycles. The first kappa shape index (κ1) is 8.50. The van der Waals surface area contributed by atoms with E-state index in [-0.39, 0.29) is 0 Å². The van der Waals surface area contributed by atoms with Gasteiger partial charge in [0, 0.05) is 18.6 Å². The Morgan fingerprint density at radius 2 is 2.36 bits per heavy atom. The van der Waals surface area contributed by atoms with Crippen LogP contribution in [-0.4, -0.2) is 4.68 Å². The molecule has 0 aromatic carbocycles. The summed E-state index contributed by atoms with van der Waals surface area (Å²) in [6, 6.07) is 5.61. The van der Waals surface area contributed by atoms with Crippen molar-refractivity contribution >= 4 is 11.8 Å². The topological polar surface area (TPSA) is 56.1 Å². The van der Waals surface area contributed by atoms with Crippen molar-refractivity contribution < 1.29 is 4.42 Å². The lowest BCUT2D eigenvalue weighted by Crippen LogP contribution is -2.02. The maximum Gasteiger partial charge on any atom is 0.128 e. The number of furan rings is 1. The Morgan fingerprint density at radius 1 is 1.43 bits per heavy atom. The number of aromatic nitrogens is 1. The largest absolute Gasteiger partial charge is 0.465 e. The van der Waals surface area contributed by atoms with Crippen molar-refractivity contribution in [3.05, 3.63) is 48.8 Å². The quantitative estimate of drug-likeness (QED) is 0.725. The van der Waals surface area contributed by atoms with Crippen molar-refractivity contribution in [2.24, 2.45) is 0 Å². The van der Waals surface area contributed by atoms with Crippen LogP contribution in [0.1, 0.15) is 5.76 Å². The minimum Gasteiger partial charge on any atom is -0.465 e. The van der Waals surface area contributed by atoms with Crippen LogP contribution in [0, 0.1) is 0 Å². The Bertz CT molecular complexity index is 414. The third-order valence-corrected chi connectivity index (χ3v) is 1.76. The second kappa shape index (κ2) is 3.74. The summed E-state index contributed by atoms with van der Waals surface area (Å²) in [6.45, 7) is 0. The molecule has 0 spiro atoms. The monoisotopic (exact) mass is 189 g/mol. The predicted molar refractivity (Wildman–Crippen MR) is 55.9 cm³/mol. The smallest absolute Gasteiger partial charge is 0.128 e. The molecule has 0 saturated heterocycles. The molecule has 0 unspecified atom stereocenters. The summed E-state index contributed by atoms with van der Waals surface area (Å²) in [6.07, 6.45) is 8.83. The van der Waals surface area contributed by atoms with E-state index in [4.69, 9.17) is 10.3 Å². The van der Waals surface area contributed by atoms with Crippen LogP contribution in [0.5, 0.6) is 0 Å². The first-order chi connectivity index (χ1) is 6.84. The van der Waals surface area contributed by atoms with Gasteiger partial charge in [0.2, 0.25) is 0 Å². The minimum atomic E-state index is 0.810. The molecule has 0 bridgehead atoms. The van der Waals surface area contributed by atoms with E-state index in [9.17, 15) is 0 Å². The molecule has 72 valence electrons. The molecule has 0 aliphatic rings.